The van der Waals surface area contributed by atoms with E-state index in [4.69, 9.17) is 4.74 Å². The molecule has 0 aromatic heterocycles. The van der Waals surface area contributed by atoms with Gasteiger partial charge < -0.3 is 10.1 Å². The van der Waals surface area contributed by atoms with Gasteiger partial charge in [-0.05, 0) is 24.6 Å². The number of hydrogen-bond acceptors (Lipinski definition) is 5. The number of nitrogens with one attached hydrogen (secondary N) is 1. The van der Waals surface area contributed by atoms with Gasteiger partial charge in [-0.2, -0.15) is 0 Å². The van der Waals surface area contributed by atoms with Crippen LogP contribution in [-0.2, 0) is 19.6 Å². The van der Waals surface area contributed by atoms with Gasteiger partial charge in [0, 0.05) is 39.1 Å². The summed E-state index contributed by atoms with van der Waals surface area (Å²) in [5.74, 6) is -0.144. The standard InChI is InChI=1S/C17H27N3O4S/c1-15-4-3-5-16(14-15)20(25(2,22)23)8-6-17(21)18-7-9-19-10-12-24-13-11-19/h3-5,14H,6-13H2,1-2H3,(H,18,21). The second-order valence-corrected chi connectivity index (χ2v) is 8.13. The van der Waals surface area contributed by atoms with Crippen LogP contribution in [0.15, 0.2) is 24.3 Å². The van der Waals surface area contributed by atoms with E-state index in [-0.39, 0.29) is 18.9 Å². The highest BCUT2D eigenvalue weighted by Gasteiger charge is 2.18. The summed E-state index contributed by atoms with van der Waals surface area (Å²) < 4.78 is 30.7. The Bertz CT molecular complexity index is 672. The van der Waals surface area contributed by atoms with Crippen LogP contribution in [0.3, 0.4) is 0 Å². The number of hydrogen-bond donors (Lipinski definition) is 1. The summed E-state index contributed by atoms with van der Waals surface area (Å²) >= 11 is 0. The van der Waals surface area contributed by atoms with Crippen LogP contribution in [0.5, 0.6) is 0 Å². The molecule has 1 heterocycles. The highest BCUT2D eigenvalue weighted by molar-refractivity contribution is 7.92. The lowest BCUT2D eigenvalue weighted by molar-refractivity contribution is -0.120. The second kappa shape index (κ2) is 9.17. The third-order valence-electron chi connectivity index (χ3n) is 4.09. The molecule has 1 fully saturated rings. The molecule has 1 aliphatic rings. The number of amides is 1. The van der Waals surface area contributed by atoms with E-state index in [0.717, 1.165) is 44.7 Å². The maximum Gasteiger partial charge on any atom is 0.232 e. The second-order valence-electron chi connectivity index (χ2n) is 6.23. The minimum absolute atomic E-state index is 0.129. The largest absolute Gasteiger partial charge is 0.379 e. The Hall–Kier alpha value is -1.64. The van der Waals surface area contributed by atoms with Crippen molar-refractivity contribution in [2.24, 2.45) is 0 Å². The molecule has 1 aromatic rings. The highest BCUT2D eigenvalue weighted by atomic mass is 32.2. The van der Waals surface area contributed by atoms with Crippen molar-refractivity contribution in [1.29, 1.82) is 0 Å². The molecule has 140 valence electrons. The van der Waals surface area contributed by atoms with Gasteiger partial charge in [0.25, 0.3) is 0 Å². The number of aryl methyl sites for hydroxylation is 1. The molecule has 1 aliphatic heterocycles. The molecule has 0 bridgehead atoms. The van der Waals surface area contributed by atoms with Crippen molar-refractivity contribution in [3.05, 3.63) is 29.8 Å². The third-order valence-corrected chi connectivity index (χ3v) is 5.28. The van der Waals surface area contributed by atoms with Gasteiger partial charge in [-0.15, -0.1) is 0 Å². The zero-order valence-corrected chi connectivity index (χ0v) is 15.7. The monoisotopic (exact) mass is 369 g/mol. The molecule has 0 aliphatic carbocycles. The average Bonchev–Trinajstić information content (AvgIpc) is 2.55. The maximum absolute atomic E-state index is 12.1. The molecule has 0 saturated carbocycles. The van der Waals surface area contributed by atoms with E-state index in [2.05, 4.69) is 10.2 Å². The van der Waals surface area contributed by atoms with Crippen LogP contribution in [0.4, 0.5) is 5.69 Å². The Labute approximate surface area is 150 Å². The smallest absolute Gasteiger partial charge is 0.232 e. The van der Waals surface area contributed by atoms with Gasteiger partial charge in [0.05, 0.1) is 25.2 Å². The summed E-state index contributed by atoms with van der Waals surface area (Å²) in [6, 6.07) is 7.26. The van der Waals surface area contributed by atoms with E-state index in [1.54, 1.807) is 12.1 Å². The van der Waals surface area contributed by atoms with Crippen molar-refractivity contribution < 1.29 is 17.9 Å². The molecular weight excluding hydrogens is 342 g/mol. The van der Waals surface area contributed by atoms with Crippen molar-refractivity contribution in [2.45, 2.75) is 13.3 Å². The van der Waals surface area contributed by atoms with Crippen LogP contribution in [0.1, 0.15) is 12.0 Å². The van der Waals surface area contributed by atoms with Crippen molar-refractivity contribution in [1.82, 2.24) is 10.2 Å². The van der Waals surface area contributed by atoms with E-state index in [0.29, 0.717) is 12.2 Å². The summed E-state index contributed by atoms with van der Waals surface area (Å²) in [5.41, 5.74) is 1.56. The first-order chi connectivity index (χ1) is 11.9. The summed E-state index contributed by atoms with van der Waals surface area (Å²) in [6.45, 7) is 6.59. The van der Waals surface area contributed by atoms with Gasteiger partial charge in [-0.3, -0.25) is 14.0 Å². The average molecular weight is 369 g/mol. The molecule has 1 N–H and O–H groups in total. The molecule has 0 spiro atoms. The Kier molecular flexibility index (Phi) is 7.22. The van der Waals surface area contributed by atoms with Crippen molar-refractivity contribution in [3.8, 4) is 0 Å². The topological polar surface area (TPSA) is 79.0 Å². The number of nitrogens with zero attached hydrogens (tertiary/aromatic N) is 2. The van der Waals surface area contributed by atoms with Gasteiger partial charge in [0.15, 0.2) is 0 Å². The number of benzene rings is 1. The number of anilines is 1. The molecule has 1 saturated heterocycles. The molecule has 0 radical (unpaired) electrons. The Balaban J connectivity index is 1.82. The van der Waals surface area contributed by atoms with E-state index in [1.165, 1.54) is 4.31 Å². The highest BCUT2D eigenvalue weighted by Crippen LogP contribution is 2.19. The SMILES string of the molecule is Cc1cccc(N(CCC(=O)NCCN2CCOCC2)S(C)(=O)=O)c1. The molecule has 0 unspecified atom stereocenters. The van der Waals surface area contributed by atoms with Crippen LogP contribution < -0.4 is 9.62 Å². The minimum atomic E-state index is -3.44. The van der Waals surface area contributed by atoms with Gasteiger partial charge in [-0.1, -0.05) is 12.1 Å². The zero-order chi connectivity index (χ0) is 18.3. The number of carbonyl (C=O) groups excluding carboxylic acids is 1. The Morgan fingerprint density at radius 1 is 1.32 bits per heavy atom. The van der Waals surface area contributed by atoms with Crippen molar-refractivity contribution in [2.75, 3.05) is 56.5 Å². The predicted molar refractivity (Wildman–Crippen MR) is 98.3 cm³/mol. The van der Waals surface area contributed by atoms with E-state index >= 15 is 0 Å². The number of sulfonamides is 1. The molecule has 8 heteroatoms. The molecule has 7 nitrogen and oxygen atoms in total. The first-order valence-electron chi connectivity index (χ1n) is 8.47. The summed E-state index contributed by atoms with van der Waals surface area (Å²) in [7, 11) is -3.44. The molecular formula is C17H27N3O4S. The van der Waals surface area contributed by atoms with Crippen LogP contribution in [0, 0.1) is 6.92 Å². The zero-order valence-electron chi connectivity index (χ0n) is 14.9. The lowest BCUT2D eigenvalue weighted by atomic mass is 10.2. The molecule has 1 aromatic carbocycles. The van der Waals surface area contributed by atoms with Gasteiger partial charge in [-0.25, -0.2) is 8.42 Å². The van der Waals surface area contributed by atoms with Gasteiger partial charge >= 0.3 is 0 Å². The van der Waals surface area contributed by atoms with Crippen LogP contribution in [-0.4, -0.2) is 71.4 Å². The fraction of sp³-hybridized carbons (Fsp3) is 0.588. The predicted octanol–water partition coefficient (Wildman–Crippen LogP) is 0.600. The lowest BCUT2D eigenvalue weighted by Gasteiger charge is -2.26. The first-order valence-corrected chi connectivity index (χ1v) is 10.3. The van der Waals surface area contributed by atoms with Crippen LogP contribution in [0.25, 0.3) is 0 Å². The number of morpholine rings is 1. The Morgan fingerprint density at radius 2 is 2.04 bits per heavy atom. The first kappa shape index (κ1) is 19.7. The Morgan fingerprint density at radius 3 is 2.68 bits per heavy atom. The van der Waals surface area contributed by atoms with Crippen LogP contribution >= 0.6 is 0 Å². The van der Waals surface area contributed by atoms with Gasteiger partial charge in [0.2, 0.25) is 15.9 Å². The summed E-state index contributed by atoms with van der Waals surface area (Å²) in [5, 5.41) is 2.86. The van der Waals surface area contributed by atoms with Crippen molar-refractivity contribution in [3.63, 3.8) is 0 Å². The number of ether oxygens (including phenoxy) is 1. The third kappa shape index (κ3) is 6.64. The normalized spacial score (nSPS) is 15.8. The summed E-state index contributed by atoms with van der Waals surface area (Å²) in [6.07, 6.45) is 1.29. The van der Waals surface area contributed by atoms with E-state index in [1.807, 2.05) is 19.1 Å². The molecule has 1 amide bonds. The van der Waals surface area contributed by atoms with Crippen LogP contribution in [0.2, 0.25) is 0 Å². The minimum Gasteiger partial charge on any atom is -0.379 e. The lowest BCUT2D eigenvalue weighted by Crippen LogP contribution is -2.42. The quantitative estimate of drug-likeness (QED) is 0.726. The van der Waals surface area contributed by atoms with Crippen molar-refractivity contribution >= 4 is 21.6 Å². The molecule has 0 atom stereocenters. The number of rotatable bonds is 8. The number of carbonyl (C=O) groups is 1. The van der Waals surface area contributed by atoms with E-state index < -0.39 is 10.0 Å². The molecule has 2 rings (SSSR count). The fourth-order valence-corrected chi connectivity index (χ4v) is 3.66. The maximum atomic E-state index is 12.1. The fourth-order valence-electron chi connectivity index (χ4n) is 2.74. The molecule has 25 heavy (non-hydrogen) atoms. The summed E-state index contributed by atoms with van der Waals surface area (Å²) in [4.78, 5) is 14.3. The van der Waals surface area contributed by atoms with E-state index in [9.17, 15) is 13.2 Å². The van der Waals surface area contributed by atoms with Gasteiger partial charge in [0.1, 0.15) is 0 Å².